The molecule has 23 heavy (non-hydrogen) atoms. The first-order chi connectivity index (χ1) is 11.2. The number of rotatable bonds is 1. The minimum Gasteiger partial charge on any atom is -0.512 e. The first-order valence-corrected chi connectivity index (χ1v) is 8.15. The van der Waals surface area contributed by atoms with Crippen molar-refractivity contribution in [3.8, 4) is 5.75 Å². The number of Topliss-reactive ketones (excluding diaryl/α,β-unsaturated/α-hetero) is 2. The van der Waals surface area contributed by atoms with E-state index in [1.165, 1.54) is 0 Å². The zero-order valence-electron chi connectivity index (χ0n) is 12.8. The van der Waals surface area contributed by atoms with Crippen molar-refractivity contribution in [2.45, 2.75) is 44.4 Å². The van der Waals surface area contributed by atoms with Gasteiger partial charge in [0.1, 0.15) is 11.5 Å². The van der Waals surface area contributed by atoms with Crippen molar-refractivity contribution in [2.24, 2.45) is 0 Å². The lowest BCUT2D eigenvalue weighted by Gasteiger charge is -2.34. The SMILES string of the molecule is O=C1CCCC(O)=C1[C@@H]1C2=C(CCCC2=O)Oc2ccccc21. The molecule has 0 spiro atoms. The number of fused-ring (bicyclic) bond motifs is 1. The molecule has 2 aliphatic carbocycles. The van der Waals surface area contributed by atoms with Gasteiger partial charge < -0.3 is 9.84 Å². The lowest BCUT2D eigenvalue weighted by atomic mass is 9.73. The molecule has 4 nitrogen and oxygen atoms in total. The molecule has 1 heterocycles. The highest BCUT2D eigenvalue weighted by Gasteiger charge is 2.41. The molecule has 1 aromatic carbocycles. The van der Waals surface area contributed by atoms with Gasteiger partial charge in [0.25, 0.3) is 0 Å². The molecule has 1 aromatic rings. The van der Waals surface area contributed by atoms with E-state index in [1.54, 1.807) is 0 Å². The van der Waals surface area contributed by atoms with Crippen LogP contribution in [0.4, 0.5) is 0 Å². The van der Waals surface area contributed by atoms with Crippen LogP contribution in [0.25, 0.3) is 0 Å². The van der Waals surface area contributed by atoms with Gasteiger partial charge in [-0.3, -0.25) is 9.59 Å². The fraction of sp³-hybridized carbons (Fsp3) is 0.368. The quantitative estimate of drug-likeness (QED) is 0.858. The summed E-state index contributed by atoms with van der Waals surface area (Å²) in [5, 5.41) is 10.4. The van der Waals surface area contributed by atoms with E-state index in [9.17, 15) is 14.7 Å². The molecular weight excluding hydrogens is 292 g/mol. The molecule has 0 saturated carbocycles. The number of carbonyl (C=O) groups excluding carboxylic acids is 2. The maximum atomic E-state index is 12.6. The summed E-state index contributed by atoms with van der Waals surface area (Å²) in [4.78, 5) is 25.1. The van der Waals surface area contributed by atoms with Gasteiger partial charge in [0, 0.05) is 42.4 Å². The van der Waals surface area contributed by atoms with E-state index in [4.69, 9.17) is 4.74 Å². The van der Waals surface area contributed by atoms with E-state index in [0.29, 0.717) is 54.8 Å². The number of ketones is 2. The van der Waals surface area contributed by atoms with Gasteiger partial charge in [0.05, 0.1) is 11.7 Å². The van der Waals surface area contributed by atoms with Gasteiger partial charge in [-0.15, -0.1) is 0 Å². The summed E-state index contributed by atoms with van der Waals surface area (Å²) in [6, 6.07) is 7.49. The van der Waals surface area contributed by atoms with Crippen LogP contribution < -0.4 is 4.74 Å². The smallest absolute Gasteiger partial charge is 0.163 e. The molecule has 4 heteroatoms. The highest BCUT2D eigenvalue weighted by molar-refractivity contribution is 6.05. The van der Waals surface area contributed by atoms with E-state index < -0.39 is 5.92 Å². The summed E-state index contributed by atoms with van der Waals surface area (Å²) in [6.45, 7) is 0. The van der Waals surface area contributed by atoms with E-state index in [-0.39, 0.29) is 17.3 Å². The summed E-state index contributed by atoms with van der Waals surface area (Å²) in [7, 11) is 0. The Morgan fingerprint density at radius 1 is 0.913 bits per heavy atom. The Labute approximate surface area is 134 Å². The van der Waals surface area contributed by atoms with Crippen LogP contribution in [0.2, 0.25) is 0 Å². The number of benzene rings is 1. The van der Waals surface area contributed by atoms with Crippen LogP contribution in [0, 0.1) is 0 Å². The average Bonchev–Trinajstić information content (AvgIpc) is 2.54. The maximum absolute atomic E-state index is 12.6. The van der Waals surface area contributed by atoms with Gasteiger partial charge in [0.15, 0.2) is 11.6 Å². The third-order valence-corrected chi connectivity index (χ3v) is 4.88. The predicted octanol–water partition coefficient (Wildman–Crippen LogP) is 3.73. The van der Waals surface area contributed by atoms with Gasteiger partial charge in [0.2, 0.25) is 0 Å². The van der Waals surface area contributed by atoms with Crippen LogP contribution in [0.15, 0.2) is 46.9 Å². The third-order valence-electron chi connectivity index (χ3n) is 4.88. The monoisotopic (exact) mass is 310 g/mol. The lowest BCUT2D eigenvalue weighted by Crippen LogP contribution is -2.29. The number of carbonyl (C=O) groups is 2. The standard InChI is InChI=1S/C19H18O4/c20-12-6-3-7-13(21)18(12)17-11-5-1-2-9-15(11)23-16-10-4-8-14(22)19(16)17/h1-2,5,9,17,20H,3-4,6-8,10H2/t17-/m1/s1. The molecular formula is C19H18O4. The van der Waals surface area contributed by atoms with Crippen molar-refractivity contribution in [1.82, 2.24) is 0 Å². The van der Waals surface area contributed by atoms with Crippen molar-refractivity contribution >= 4 is 11.6 Å². The Kier molecular flexibility index (Phi) is 3.33. The minimum atomic E-state index is -0.476. The summed E-state index contributed by atoms with van der Waals surface area (Å²) in [6.07, 6.45) is 3.54. The van der Waals surface area contributed by atoms with Crippen LogP contribution in [0.1, 0.15) is 50.0 Å². The molecule has 0 aromatic heterocycles. The van der Waals surface area contributed by atoms with Gasteiger partial charge >= 0.3 is 0 Å². The zero-order valence-corrected chi connectivity index (χ0v) is 12.8. The highest BCUT2D eigenvalue weighted by atomic mass is 16.5. The van der Waals surface area contributed by atoms with Crippen molar-refractivity contribution in [3.05, 3.63) is 52.5 Å². The van der Waals surface area contributed by atoms with Crippen LogP contribution in [0.5, 0.6) is 5.75 Å². The lowest BCUT2D eigenvalue weighted by molar-refractivity contribution is -0.117. The van der Waals surface area contributed by atoms with Crippen molar-refractivity contribution in [2.75, 3.05) is 0 Å². The molecule has 1 N–H and O–H groups in total. The molecule has 3 aliphatic rings. The molecule has 1 aliphatic heterocycles. The Balaban J connectivity index is 1.95. The van der Waals surface area contributed by atoms with E-state index in [2.05, 4.69) is 0 Å². The van der Waals surface area contributed by atoms with E-state index >= 15 is 0 Å². The maximum Gasteiger partial charge on any atom is 0.163 e. The molecule has 1 atom stereocenters. The number of hydrogen-bond donors (Lipinski definition) is 1. The number of aliphatic hydroxyl groups excluding tert-OH is 1. The Morgan fingerprint density at radius 3 is 2.39 bits per heavy atom. The van der Waals surface area contributed by atoms with Crippen LogP contribution >= 0.6 is 0 Å². The molecule has 0 amide bonds. The molecule has 0 saturated heterocycles. The molecule has 0 fully saturated rings. The fourth-order valence-electron chi connectivity index (χ4n) is 3.84. The van der Waals surface area contributed by atoms with Crippen LogP contribution in [0.3, 0.4) is 0 Å². The van der Waals surface area contributed by atoms with Gasteiger partial charge in [-0.05, 0) is 18.9 Å². The Hall–Kier alpha value is -2.36. The summed E-state index contributed by atoms with van der Waals surface area (Å²) in [5.74, 6) is 0.988. The molecule has 0 bridgehead atoms. The van der Waals surface area contributed by atoms with Crippen molar-refractivity contribution in [1.29, 1.82) is 0 Å². The Bertz CT molecular complexity index is 769. The summed E-state index contributed by atoms with van der Waals surface area (Å²) >= 11 is 0. The highest BCUT2D eigenvalue weighted by Crippen LogP contribution is 2.48. The number of hydrogen-bond acceptors (Lipinski definition) is 4. The second-order valence-corrected chi connectivity index (χ2v) is 6.32. The molecule has 0 unspecified atom stereocenters. The number of allylic oxidation sites excluding steroid dienone is 4. The largest absolute Gasteiger partial charge is 0.512 e. The number of ether oxygens (including phenoxy) is 1. The summed E-state index contributed by atoms with van der Waals surface area (Å²) < 4.78 is 5.94. The van der Waals surface area contributed by atoms with Crippen molar-refractivity contribution < 1.29 is 19.4 Å². The van der Waals surface area contributed by atoms with E-state index in [1.807, 2.05) is 24.3 Å². The predicted molar refractivity (Wildman–Crippen MR) is 84.2 cm³/mol. The average molecular weight is 310 g/mol. The number of para-hydroxylation sites is 1. The number of aliphatic hydroxyl groups is 1. The minimum absolute atomic E-state index is 0.0319. The fourth-order valence-corrected chi connectivity index (χ4v) is 3.84. The van der Waals surface area contributed by atoms with Crippen LogP contribution in [-0.4, -0.2) is 16.7 Å². The molecule has 4 rings (SSSR count). The molecule has 0 radical (unpaired) electrons. The van der Waals surface area contributed by atoms with Gasteiger partial charge in [-0.25, -0.2) is 0 Å². The van der Waals surface area contributed by atoms with Crippen LogP contribution in [-0.2, 0) is 9.59 Å². The van der Waals surface area contributed by atoms with Gasteiger partial charge in [-0.1, -0.05) is 18.2 Å². The van der Waals surface area contributed by atoms with E-state index in [0.717, 1.165) is 12.0 Å². The first-order valence-electron chi connectivity index (χ1n) is 8.15. The topological polar surface area (TPSA) is 63.6 Å². The normalized spacial score (nSPS) is 24.3. The van der Waals surface area contributed by atoms with Crippen molar-refractivity contribution in [3.63, 3.8) is 0 Å². The Morgan fingerprint density at radius 2 is 1.61 bits per heavy atom. The third kappa shape index (κ3) is 2.21. The zero-order chi connectivity index (χ0) is 16.0. The molecule has 118 valence electrons. The second kappa shape index (κ2) is 5.37. The second-order valence-electron chi connectivity index (χ2n) is 6.32. The first kappa shape index (κ1) is 14.2. The van der Waals surface area contributed by atoms with Gasteiger partial charge in [-0.2, -0.15) is 0 Å². The summed E-state index contributed by atoms with van der Waals surface area (Å²) in [5.41, 5.74) is 1.78.